The molecule has 0 aliphatic rings. The van der Waals surface area contributed by atoms with Crippen molar-refractivity contribution in [2.75, 3.05) is 19.5 Å². The molecule has 2 rings (SSSR count). The number of ether oxygens (including phenoxy) is 2. The molecule has 0 fully saturated rings. The Hall–Kier alpha value is -2.23. The summed E-state index contributed by atoms with van der Waals surface area (Å²) in [7, 11) is 3.19. The van der Waals surface area contributed by atoms with Crippen LogP contribution in [-0.2, 0) is 6.54 Å². The van der Waals surface area contributed by atoms with Crippen molar-refractivity contribution < 1.29 is 13.9 Å². The molecule has 0 bridgehead atoms. The van der Waals surface area contributed by atoms with Gasteiger partial charge in [-0.15, -0.1) is 0 Å². The Morgan fingerprint density at radius 1 is 1.21 bits per heavy atom. The van der Waals surface area contributed by atoms with Gasteiger partial charge in [-0.3, -0.25) is 0 Å². The van der Waals surface area contributed by atoms with Crippen LogP contribution in [0.5, 0.6) is 11.5 Å². The predicted molar refractivity (Wildman–Crippen MR) is 72.1 cm³/mol. The van der Waals surface area contributed by atoms with Gasteiger partial charge in [0.25, 0.3) is 0 Å². The maximum absolute atomic E-state index is 13.4. The molecule has 4 heteroatoms. The summed E-state index contributed by atoms with van der Waals surface area (Å²) in [6.45, 7) is 0.449. The van der Waals surface area contributed by atoms with Crippen molar-refractivity contribution in [3.05, 3.63) is 53.8 Å². The summed E-state index contributed by atoms with van der Waals surface area (Å²) < 4.78 is 23.9. The third-order valence-electron chi connectivity index (χ3n) is 2.76. The average molecular weight is 260 g/mol. The first-order valence-corrected chi connectivity index (χ1v) is 5.85. The topological polar surface area (TPSA) is 30.5 Å². The van der Waals surface area contributed by atoms with E-state index in [4.69, 9.17) is 9.47 Å². The first kappa shape index (κ1) is 13.2. The summed E-state index contributed by atoms with van der Waals surface area (Å²) in [6.07, 6.45) is 0. The van der Waals surface area contributed by atoms with Crippen LogP contribution in [0, 0.1) is 11.9 Å². The van der Waals surface area contributed by atoms with E-state index in [1.807, 2.05) is 12.1 Å². The quantitative estimate of drug-likeness (QED) is 0.895. The fraction of sp³-hybridized carbons (Fsp3) is 0.200. The molecule has 0 aliphatic carbocycles. The van der Waals surface area contributed by atoms with Crippen molar-refractivity contribution in [1.29, 1.82) is 0 Å². The van der Waals surface area contributed by atoms with E-state index in [2.05, 4.69) is 11.4 Å². The van der Waals surface area contributed by atoms with Crippen molar-refractivity contribution in [3.63, 3.8) is 0 Å². The molecule has 0 saturated heterocycles. The van der Waals surface area contributed by atoms with Crippen LogP contribution < -0.4 is 14.8 Å². The highest BCUT2D eigenvalue weighted by Gasteiger charge is 2.06. The summed E-state index contributed by atoms with van der Waals surface area (Å²) in [5.41, 5.74) is 1.26. The predicted octanol–water partition coefficient (Wildman–Crippen LogP) is 3.26. The van der Waals surface area contributed by atoms with Gasteiger partial charge in [0.1, 0.15) is 17.3 Å². The molecule has 1 N–H and O–H groups in total. The van der Waals surface area contributed by atoms with Gasteiger partial charge in [-0.2, -0.15) is 0 Å². The molecule has 0 saturated carbocycles. The second-order valence-corrected chi connectivity index (χ2v) is 3.92. The minimum atomic E-state index is -0.324. The van der Waals surface area contributed by atoms with Crippen molar-refractivity contribution >= 4 is 5.69 Å². The minimum Gasteiger partial charge on any atom is -0.497 e. The summed E-state index contributed by atoms with van der Waals surface area (Å²) in [6, 6.07) is 13.0. The molecule has 3 nitrogen and oxygen atoms in total. The summed E-state index contributed by atoms with van der Waals surface area (Å²) >= 11 is 0. The molecule has 0 heterocycles. The zero-order valence-corrected chi connectivity index (χ0v) is 10.9. The van der Waals surface area contributed by atoms with Crippen LogP contribution in [0.25, 0.3) is 0 Å². The van der Waals surface area contributed by atoms with E-state index < -0.39 is 0 Å². The van der Waals surface area contributed by atoms with Crippen molar-refractivity contribution in [2.24, 2.45) is 0 Å². The third-order valence-corrected chi connectivity index (χ3v) is 2.76. The van der Waals surface area contributed by atoms with E-state index in [0.717, 1.165) is 11.3 Å². The Morgan fingerprint density at radius 3 is 2.74 bits per heavy atom. The van der Waals surface area contributed by atoms with Gasteiger partial charge in [-0.25, -0.2) is 4.39 Å². The number of hydrogen-bond donors (Lipinski definition) is 1. The summed E-state index contributed by atoms with van der Waals surface area (Å²) in [4.78, 5) is 0. The standard InChI is InChI=1S/C15H15FNO2/c1-18-12-8-7-11(15(9-12)19-2)10-17-14-6-4-3-5-13(14)16/h3-5,7-9,17H,10H2,1-2H3. The van der Waals surface area contributed by atoms with Crippen LogP contribution >= 0.6 is 0 Å². The lowest BCUT2D eigenvalue weighted by molar-refractivity contribution is 0.391. The van der Waals surface area contributed by atoms with Crippen LogP contribution in [0.2, 0.25) is 0 Å². The zero-order chi connectivity index (χ0) is 13.7. The molecule has 2 aromatic carbocycles. The minimum absolute atomic E-state index is 0.324. The van der Waals surface area contributed by atoms with E-state index in [1.54, 1.807) is 32.4 Å². The molecule has 0 aliphatic heterocycles. The number of benzene rings is 2. The van der Waals surface area contributed by atoms with Crippen molar-refractivity contribution in [1.82, 2.24) is 0 Å². The molecule has 2 aromatic rings. The van der Waals surface area contributed by atoms with Gasteiger partial charge in [-0.1, -0.05) is 12.1 Å². The van der Waals surface area contributed by atoms with E-state index >= 15 is 0 Å². The fourth-order valence-corrected chi connectivity index (χ4v) is 1.73. The molecule has 1 radical (unpaired) electrons. The third kappa shape index (κ3) is 3.16. The van der Waals surface area contributed by atoms with Gasteiger partial charge < -0.3 is 14.8 Å². The molecule has 0 amide bonds. The highest BCUT2D eigenvalue weighted by Crippen LogP contribution is 2.25. The molecule has 99 valence electrons. The van der Waals surface area contributed by atoms with Crippen LogP contribution in [0.1, 0.15) is 5.56 Å². The first-order valence-electron chi connectivity index (χ1n) is 5.85. The van der Waals surface area contributed by atoms with Gasteiger partial charge >= 0.3 is 0 Å². The smallest absolute Gasteiger partial charge is 0.146 e. The van der Waals surface area contributed by atoms with Crippen LogP contribution in [0.3, 0.4) is 0 Å². The Bertz CT molecular complexity index is 558. The van der Waals surface area contributed by atoms with Gasteiger partial charge in [0.05, 0.1) is 19.9 Å². The van der Waals surface area contributed by atoms with Crippen LogP contribution in [0.15, 0.2) is 36.4 Å². The lowest BCUT2D eigenvalue weighted by atomic mass is 10.2. The Kier molecular flexibility index (Phi) is 4.23. The second kappa shape index (κ2) is 6.09. The van der Waals surface area contributed by atoms with E-state index in [1.165, 1.54) is 6.07 Å². The van der Waals surface area contributed by atoms with Gasteiger partial charge in [0.2, 0.25) is 0 Å². The van der Waals surface area contributed by atoms with Gasteiger partial charge in [0, 0.05) is 24.2 Å². The SMILES string of the molecule is COc1ccc(CNc2[c]cccc2F)c(OC)c1. The molecule has 0 unspecified atom stereocenters. The lowest BCUT2D eigenvalue weighted by Gasteiger charge is -2.12. The second-order valence-electron chi connectivity index (χ2n) is 3.92. The average Bonchev–Trinajstić information content (AvgIpc) is 2.46. The van der Waals surface area contributed by atoms with E-state index in [0.29, 0.717) is 18.0 Å². The monoisotopic (exact) mass is 260 g/mol. The van der Waals surface area contributed by atoms with E-state index in [-0.39, 0.29) is 5.82 Å². The van der Waals surface area contributed by atoms with Crippen molar-refractivity contribution in [3.8, 4) is 11.5 Å². The molecular formula is C15H15FNO2. The van der Waals surface area contributed by atoms with E-state index in [9.17, 15) is 4.39 Å². The number of hydrogen-bond acceptors (Lipinski definition) is 3. The molecule has 0 aromatic heterocycles. The molecule has 0 atom stereocenters. The Morgan fingerprint density at radius 2 is 2.05 bits per heavy atom. The fourth-order valence-electron chi connectivity index (χ4n) is 1.73. The van der Waals surface area contributed by atoms with Gasteiger partial charge in [-0.05, 0) is 18.2 Å². The molecule has 19 heavy (non-hydrogen) atoms. The normalized spacial score (nSPS) is 10.1. The Labute approximate surface area is 112 Å². The van der Waals surface area contributed by atoms with Crippen LogP contribution in [-0.4, -0.2) is 14.2 Å². The number of nitrogens with one attached hydrogen (secondary N) is 1. The first-order chi connectivity index (χ1) is 9.24. The number of rotatable bonds is 5. The number of para-hydroxylation sites is 1. The largest absolute Gasteiger partial charge is 0.497 e. The number of methoxy groups -OCH3 is 2. The number of halogens is 1. The molecule has 0 spiro atoms. The zero-order valence-electron chi connectivity index (χ0n) is 10.9. The summed E-state index contributed by atoms with van der Waals surface area (Å²) in [5.74, 6) is 1.09. The molecular weight excluding hydrogens is 245 g/mol. The number of anilines is 1. The lowest BCUT2D eigenvalue weighted by Crippen LogP contribution is -2.03. The Balaban J connectivity index is 2.13. The highest BCUT2D eigenvalue weighted by atomic mass is 19.1. The maximum atomic E-state index is 13.4. The van der Waals surface area contributed by atoms with Crippen molar-refractivity contribution in [2.45, 2.75) is 6.54 Å². The van der Waals surface area contributed by atoms with Gasteiger partial charge in [0.15, 0.2) is 0 Å². The van der Waals surface area contributed by atoms with Crippen LogP contribution in [0.4, 0.5) is 10.1 Å². The summed E-state index contributed by atoms with van der Waals surface area (Å²) in [5, 5.41) is 2.99. The maximum Gasteiger partial charge on any atom is 0.146 e. The highest BCUT2D eigenvalue weighted by molar-refractivity contribution is 5.47.